The van der Waals surface area contributed by atoms with E-state index < -0.39 is 0 Å². The van der Waals surface area contributed by atoms with Crippen LogP contribution in [0.15, 0.2) is 27.4 Å². The highest BCUT2D eigenvalue weighted by molar-refractivity contribution is 7.07. The van der Waals surface area contributed by atoms with Gasteiger partial charge in [-0.2, -0.15) is 11.3 Å². The lowest BCUT2D eigenvalue weighted by Crippen LogP contribution is -2.24. The summed E-state index contributed by atoms with van der Waals surface area (Å²) in [6.07, 6.45) is 2.59. The monoisotopic (exact) mass is 263 g/mol. The third-order valence-electron chi connectivity index (χ3n) is 3.20. The summed E-state index contributed by atoms with van der Waals surface area (Å²) in [4.78, 5) is 2.46. The molecule has 0 spiro atoms. The largest absolute Gasteiger partial charge is 0.360 e. The molecule has 1 saturated carbocycles. The van der Waals surface area contributed by atoms with E-state index in [1.807, 2.05) is 6.07 Å². The molecule has 0 amide bonds. The van der Waals surface area contributed by atoms with Gasteiger partial charge in [0.25, 0.3) is 0 Å². The van der Waals surface area contributed by atoms with Gasteiger partial charge in [0.2, 0.25) is 0 Å². The summed E-state index contributed by atoms with van der Waals surface area (Å²) >= 11 is 1.75. The van der Waals surface area contributed by atoms with Crippen molar-refractivity contribution in [3.8, 4) is 0 Å². The van der Waals surface area contributed by atoms with Gasteiger partial charge in [-0.1, -0.05) is 5.16 Å². The highest BCUT2D eigenvalue weighted by atomic mass is 32.1. The van der Waals surface area contributed by atoms with Crippen molar-refractivity contribution in [1.29, 1.82) is 0 Å². The summed E-state index contributed by atoms with van der Waals surface area (Å²) in [5.41, 5.74) is 7.75. The van der Waals surface area contributed by atoms with Crippen molar-refractivity contribution < 1.29 is 4.52 Å². The molecule has 2 heterocycles. The van der Waals surface area contributed by atoms with E-state index in [-0.39, 0.29) is 0 Å². The predicted molar refractivity (Wildman–Crippen MR) is 71.0 cm³/mol. The Morgan fingerprint density at radius 2 is 2.33 bits per heavy atom. The third kappa shape index (κ3) is 2.80. The van der Waals surface area contributed by atoms with Crippen LogP contribution >= 0.6 is 11.3 Å². The lowest BCUT2D eigenvalue weighted by Gasteiger charge is -2.19. The van der Waals surface area contributed by atoms with Gasteiger partial charge in [0.15, 0.2) is 5.76 Å². The molecule has 18 heavy (non-hydrogen) atoms. The predicted octanol–water partition coefficient (Wildman–Crippen LogP) is 2.36. The maximum absolute atomic E-state index is 5.54. The van der Waals surface area contributed by atoms with Gasteiger partial charge in [-0.05, 0) is 35.2 Å². The SMILES string of the molecule is NCc1cc(CN(Cc2ccsc2)C2CC2)on1. The van der Waals surface area contributed by atoms with Crippen LogP contribution in [0.3, 0.4) is 0 Å². The van der Waals surface area contributed by atoms with Crippen LogP contribution in [0.1, 0.15) is 29.9 Å². The molecule has 0 unspecified atom stereocenters. The quantitative estimate of drug-likeness (QED) is 0.869. The van der Waals surface area contributed by atoms with Crippen LogP contribution in [-0.2, 0) is 19.6 Å². The second kappa shape index (κ2) is 5.22. The maximum Gasteiger partial charge on any atom is 0.151 e. The highest BCUT2D eigenvalue weighted by Gasteiger charge is 2.29. The first-order valence-electron chi connectivity index (χ1n) is 6.25. The molecule has 1 aliphatic rings. The summed E-state index contributed by atoms with van der Waals surface area (Å²) < 4.78 is 5.31. The van der Waals surface area contributed by atoms with Crippen molar-refractivity contribution in [2.75, 3.05) is 0 Å². The first kappa shape index (κ1) is 11.9. The van der Waals surface area contributed by atoms with Gasteiger partial charge >= 0.3 is 0 Å². The van der Waals surface area contributed by atoms with Crippen LogP contribution in [0.25, 0.3) is 0 Å². The Kier molecular flexibility index (Phi) is 3.45. The molecule has 0 atom stereocenters. The molecule has 0 saturated heterocycles. The molecule has 0 bridgehead atoms. The number of nitrogens with zero attached hydrogens (tertiary/aromatic N) is 2. The number of rotatable bonds is 6. The van der Waals surface area contributed by atoms with E-state index in [4.69, 9.17) is 10.3 Å². The zero-order valence-electron chi connectivity index (χ0n) is 10.2. The zero-order chi connectivity index (χ0) is 12.4. The first-order valence-corrected chi connectivity index (χ1v) is 7.19. The van der Waals surface area contributed by atoms with E-state index in [1.165, 1.54) is 18.4 Å². The lowest BCUT2D eigenvalue weighted by molar-refractivity contribution is 0.214. The smallest absolute Gasteiger partial charge is 0.151 e. The molecule has 1 fully saturated rings. The molecule has 3 rings (SSSR count). The highest BCUT2D eigenvalue weighted by Crippen LogP contribution is 2.30. The Balaban J connectivity index is 1.66. The first-order chi connectivity index (χ1) is 8.85. The molecule has 2 aromatic heterocycles. The Morgan fingerprint density at radius 1 is 1.44 bits per heavy atom. The van der Waals surface area contributed by atoms with Crippen LogP contribution in [0, 0.1) is 0 Å². The zero-order valence-corrected chi connectivity index (χ0v) is 11.0. The van der Waals surface area contributed by atoms with Crippen LogP contribution in [-0.4, -0.2) is 16.1 Å². The fourth-order valence-electron chi connectivity index (χ4n) is 2.10. The number of thiophene rings is 1. The molecule has 0 aromatic carbocycles. The van der Waals surface area contributed by atoms with E-state index in [2.05, 4.69) is 26.9 Å². The van der Waals surface area contributed by atoms with Gasteiger partial charge in [-0.25, -0.2) is 0 Å². The van der Waals surface area contributed by atoms with E-state index in [1.54, 1.807) is 11.3 Å². The Labute approximate surface area is 110 Å². The lowest BCUT2D eigenvalue weighted by atomic mass is 10.2. The van der Waals surface area contributed by atoms with Crippen molar-refractivity contribution in [1.82, 2.24) is 10.1 Å². The molecule has 4 nitrogen and oxygen atoms in total. The number of hydrogen-bond donors (Lipinski definition) is 1. The van der Waals surface area contributed by atoms with Crippen molar-refractivity contribution in [3.05, 3.63) is 39.9 Å². The normalized spacial score (nSPS) is 15.4. The minimum atomic E-state index is 0.442. The van der Waals surface area contributed by atoms with Crippen molar-refractivity contribution in [2.45, 2.75) is 38.5 Å². The maximum atomic E-state index is 5.54. The fourth-order valence-corrected chi connectivity index (χ4v) is 2.76. The van der Waals surface area contributed by atoms with Gasteiger partial charge in [0.1, 0.15) is 0 Å². The van der Waals surface area contributed by atoms with Gasteiger partial charge in [0.05, 0.1) is 12.2 Å². The second-order valence-corrected chi connectivity index (χ2v) is 5.54. The molecule has 0 aliphatic heterocycles. The minimum Gasteiger partial charge on any atom is -0.360 e. The summed E-state index contributed by atoms with van der Waals surface area (Å²) in [7, 11) is 0. The van der Waals surface area contributed by atoms with E-state index in [0.717, 1.165) is 24.5 Å². The molecule has 2 N–H and O–H groups in total. The number of hydrogen-bond acceptors (Lipinski definition) is 5. The van der Waals surface area contributed by atoms with Crippen LogP contribution < -0.4 is 5.73 Å². The number of aromatic nitrogens is 1. The van der Waals surface area contributed by atoms with Crippen LogP contribution in [0.5, 0.6) is 0 Å². The van der Waals surface area contributed by atoms with Crippen molar-refractivity contribution in [3.63, 3.8) is 0 Å². The average molecular weight is 263 g/mol. The molecule has 0 radical (unpaired) electrons. The fraction of sp³-hybridized carbons (Fsp3) is 0.462. The Hall–Kier alpha value is -1.17. The summed E-state index contributed by atoms with van der Waals surface area (Å²) in [5.74, 6) is 0.914. The summed E-state index contributed by atoms with van der Waals surface area (Å²) in [6, 6.07) is 4.85. The van der Waals surface area contributed by atoms with E-state index >= 15 is 0 Å². The third-order valence-corrected chi connectivity index (χ3v) is 3.94. The molecule has 2 aromatic rings. The van der Waals surface area contributed by atoms with Gasteiger partial charge in [0, 0.05) is 25.2 Å². The van der Waals surface area contributed by atoms with E-state index in [9.17, 15) is 0 Å². The second-order valence-electron chi connectivity index (χ2n) is 4.76. The van der Waals surface area contributed by atoms with Crippen molar-refractivity contribution in [2.24, 2.45) is 5.73 Å². The number of nitrogens with two attached hydrogens (primary N) is 1. The summed E-state index contributed by atoms with van der Waals surface area (Å²) in [5, 5.41) is 8.28. The van der Waals surface area contributed by atoms with Gasteiger partial charge < -0.3 is 10.3 Å². The molecule has 96 valence electrons. The van der Waals surface area contributed by atoms with Gasteiger partial charge in [-0.3, -0.25) is 4.90 Å². The van der Waals surface area contributed by atoms with Crippen LogP contribution in [0.2, 0.25) is 0 Å². The van der Waals surface area contributed by atoms with Crippen LogP contribution in [0.4, 0.5) is 0 Å². The van der Waals surface area contributed by atoms with Crippen molar-refractivity contribution >= 4 is 11.3 Å². The molecule has 1 aliphatic carbocycles. The van der Waals surface area contributed by atoms with E-state index in [0.29, 0.717) is 12.6 Å². The Morgan fingerprint density at radius 3 is 2.94 bits per heavy atom. The Bertz CT molecular complexity index is 490. The molecular formula is C13H17N3OS. The average Bonchev–Trinajstić information content (AvgIpc) is 2.92. The summed E-state index contributed by atoms with van der Waals surface area (Å²) in [6.45, 7) is 2.26. The minimum absolute atomic E-state index is 0.442. The van der Waals surface area contributed by atoms with Gasteiger partial charge in [-0.15, -0.1) is 0 Å². The standard InChI is InChI=1S/C13H17N3OS/c14-6-11-5-13(17-15-11)8-16(12-1-2-12)7-10-3-4-18-9-10/h3-5,9,12H,1-2,6-8,14H2. The molecule has 5 heteroatoms. The topological polar surface area (TPSA) is 55.3 Å². The molecular weight excluding hydrogens is 246 g/mol.